The van der Waals surface area contributed by atoms with E-state index in [-0.39, 0.29) is 4.87 Å². The smallest absolute Gasteiger partial charge is 0.0650 e. The molecule has 0 unspecified atom stereocenters. The monoisotopic (exact) mass is 172 g/mol. The van der Waals surface area contributed by atoms with E-state index in [0.717, 1.165) is 24.3 Å². The van der Waals surface area contributed by atoms with Gasteiger partial charge in [-0.15, -0.1) is 11.6 Å². The van der Waals surface area contributed by atoms with Gasteiger partial charge in [0.05, 0.1) is 4.87 Å². The minimum absolute atomic E-state index is 0.0630. The number of halogens is 1. The van der Waals surface area contributed by atoms with E-state index in [4.69, 9.17) is 11.6 Å². The molecule has 0 amide bonds. The van der Waals surface area contributed by atoms with Crippen molar-refractivity contribution in [3.05, 3.63) is 12.2 Å². The Labute approximate surface area is 74.6 Å². The lowest BCUT2D eigenvalue weighted by Gasteiger charge is -2.34. The molecule has 1 aliphatic rings. The van der Waals surface area contributed by atoms with Gasteiger partial charge in [-0.3, -0.25) is 0 Å². The highest BCUT2D eigenvalue weighted by molar-refractivity contribution is 6.25. The Morgan fingerprint density at radius 3 is 2.27 bits per heavy atom. The van der Waals surface area contributed by atoms with Gasteiger partial charge in [0, 0.05) is 0 Å². The molecule has 0 saturated heterocycles. The van der Waals surface area contributed by atoms with E-state index < -0.39 is 0 Å². The second kappa shape index (κ2) is 3.18. The van der Waals surface area contributed by atoms with Crippen molar-refractivity contribution in [3.8, 4) is 0 Å². The number of alkyl halides is 1. The Balaban J connectivity index is 2.55. The average Bonchev–Trinajstić information content (AvgIpc) is 1.95. The predicted molar refractivity (Wildman–Crippen MR) is 51.0 cm³/mol. The van der Waals surface area contributed by atoms with Crippen LogP contribution in [-0.2, 0) is 0 Å². The van der Waals surface area contributed by atoms with Crippen molar-refractivity contribution in [2.45, 2.75) is 44.4 Å². The molecule has 1 saturated carbocycles. The lowest BCUT2D eigenvalue weighted by atomic mass is 9.79. The fraction of sp³-hybridized carbons (Fsp3) is 0.800. The molecule has 0 atom stereocenters. The van der Waals surface area contributed by atoms with Gasteiger partial charge in [0.25, 0.3) is 0 Å². The van der Waals surface area contributed by atoms with Crippen molar-refractivity contribution in [1.29, 1.82) is 0 Å². The number of allylic oxidation sites excluding steroid dienone is 1. The van der Waals surface area contributed by atoms with Crippen molar-refractivity contribution in [3.63, 3.8) is 0 Å². The van der Waals surface area contributed by atoms with Gasteiger partial charge in [-0.25, -0.2) is 0 Å². The van der Waals surface area contributed by atoms with Gasteiger partial charge in [0.15, 0.2) is 0 Å². The molecule has 64 valence electrons. The second-order valence-corrected chi connectivity index (χ2v) is 4.65. The molecule has 0 heterocycles. The highest BCUT2D eigenvalue weighted by atomic mass is 35.5. The first-order valence-electron chi connectivity index (χ1n) is 4.39. The minimum atomic E-state index is -0.0630. The summed E-state index contributed by atoms with van der Waals surface area (Å²) in [5.41, 5.74) is 1.14. The van der Waals surface area contributed by atoms with Gasteiger partial charge in [-0.1, -0.05) is 19.1 Å². The molecule has 0 aliphatic heterocycles. The molecule has 0 aromatic heterocycles. The highest BCUT2D eigenvalue weighted by Gasteiger charge is 2.32. The Hall–Kier alpha value is 0.0300. The van der Waals surface area contributed by atoms with Gasteiger partial charge in [0.2, 0.25) is 0 Å². The van der Waals surface area contributed by atoms with Crippen LogP contribution in [0.4, 0.5) is 0 Å². The van der Waals surface area contributed by atoms with E-state index >= 15 is 0 Å². The molecular formula is C10H17Cl. The molecule has 0 spiro atoms. The van der Waals surface area contributed by atoms with E-state index in [0.29, 0.717) is 0 Å². The van der Waals surface area contributed by atoms with Gasteiger partial charge in [-0.2, -0.15) is 0 Å². The van der Waals surface area contributed by atoms with Crippen LogP contribution in [0.15, 0.2) is 12.2 Å². The van der Waals surface area contributed by atoms with E-state index in [1.807, 2.05) is 6.92 Å². The van der Waals surface area contributed by atoms with Crippen LogP contribution in [-0.4, -0.2) is 4.87 Å². The van der Waals surface area contributed by atoms with Crippen LogP contribution in [0.3, 0.4) is 0 Å². The second-order valence-electron chi connectivity index (χ2n) is 3.93. The molecule has 1 fully saturated rings. The summed E-state index contributed by atoms with van der Waals surface area (Å²) in [6, 6.07) is 0. The normalized spacial score (nSPS) is 38.6. The zero-order chi connectivity index (χ0) is 8.48. The summed E-state index contributed by atoms with van der Waals surface area (Å²) in [7, 11) is 0. The number of hydrogen-bond donors (Lipinski definition) is 0. The van der Waals surface area contributed by atoms with Crippen LogP contribution in [0.2, 0.25) is 0 Å². The Bertz CT molecular complexity index is 152. The molecule has 1 heteroatoms. The van der Waals surface area contributed by atoms with Crippen LogP contribution in [0, 0.1) is 5.92 Å². The molecule has 1 rings (SSSR count). The molecule has 1 aliphatic carbocycles. The topological polar surface area (TPSA) is 0 Å². The molecule has 0 nitrogen and oxygen atoms in total. The van der Waals surface area contributed by atoms with Crippen LogP contribution >= 0.6 is 11.6 Å². The molecule has 11 heavy (non-hydrogen) atoms. The quantitative estimate of drug-likeness (QED) is 0.418. The summed E-state index contributed by atoms with van der Waals surface area (Å²) in [6.45, 7) is 8.29. The molecule has 0 radical (unpaired) electrons. The van der Waals surface area contributed by atoms with Crippen molar-refractivity contribution < 1.29 is 0 Å². The third-order valence-electron chi connectivity index (χ3n) is 2.83. The lowest BCUT2D eigenvalue weighted by Crippen LogP contribution is -2.28. The first-order valence-corrected chi connectivity index (χ1v) is 4.77. The maximum Gasteiger partial charge on any atom is 0.0650 e. The van der Waals surface area contributed by atoms with Crippen LogP contribution in [0.25, 0.3) is 0 Å². The van der Waals surface area contributed by atoms with E-state index in [1.54, 1.807) is 0 Å². The Morgan fingerprint density at radius 1 is 1.45 bits per heavy atom. The third kappa shape index (κ3) is 1.99. The number of rotatable bonds is 1. The minimum Gasteiger partial charge on any atom is -0.114 e. The largest absolute Gasteiger partial charge is 0.114 e. The maximum absolute atomic E-state index is 6.38. The van der Waals surface area contributed by atoms with Crippen LogP contribution in [0.1, 0.15) is 39.5 Å². The molecular weight excluding hydrogens is 156 g/mol. The summed E-state index contributed by atoms with van der Waals surface area (Å²) < 4.78 is 0. The average molecular weight is 173 g/mol. The summed E-state index contributed by atoms with van der Waals surface area (Å²) in [5, 5.41) is 0. The summed E-state index contributed by atoms with van der Waals surface area (Å²) in [5.74, 6) is 0.862. The first-order chi connectivity index (χ1) is 5.04. The summed E-state index contributed by atoms with van der Waals surface area (Å²) in [6.07, 6.45) is 4.75. The van der Waals surface area contributed by atoms with Crippen molar-refractivity contribution in [2.24, 2.45) is 5.92 Å². The zero-order valence-electron chi connectivity index (χ0n) is 7.49. The first kappa shape index (κ1) is 9.12. The molecule has 0 aromatic rings. The SMILES string of the molecule is C=C(C)C1(Cl)CCC(C)CC1. The van der Waals surface area contributed by atoms with Crippen LogP contribution in [0.5, 0.6) is 0 Å². The predicted octanol–water partition coefficient (Wildman–Crippen LogP) is 3.75. The molecule has 0 N–H and O–H groups in total. The summed E-state index contributed by atoms with van der Waals surface area (Å²) in [4.78, 5) is -0.0630. The fourth-order valence-corrected chi connectivity index (χ4v) is 1.86. The van der Waals surface area contributed by atoms with E-state index in [1.165, 1.54) is 12.8 Å². The maximum atomic E-state index is 6.38. The van der Waals surface area contributed by atoms with Gasteiger partial charge in [0.1, 0.15) is 0 Å². The zero-order valence-corrected chi connectivity index (χ0v) is 8.25. The van der Waals surface area contributed by atoms with Crippen molar-refractivity contribution >= 4 is 11.6 Å². The highest BCUT2D eigenvalue weighted by Crippen LogP contribution is 2.41. The molecule has 0 bridgehead atoms. The Morgan fingerprint density at radius 2 is 1.91 bits per heavy atom. The van der Waals surface area contributed by atoms with Gasteiger partial charge >= 0.3 is 0 Å². The van der Waals surface area contributed by atoms with Crippen molar-refractivity contribution in [2.75, 3.05) is 0 Å². The van der Waals surface area contributed by atoms with Crippen LogP contribution < -0.4 is 0 Å². The fourth-order valence-electron chi connectivity index (χ4n) is 1.65. The standard InChI is InChI=1S/C10H17Cl/c1-8(2)10(11)6-4-9(3)5-7-10/h9H,1,4-7H2,2-3H3. The molecule has 0 aromatic carbocycles. The Kier molecular flexibility index (Phi) is 2.64. The van der Waals surface area contributed by atoms with E-state index in [9.17, 15) is 0 Å². The third-order valence-corrected chi connectivity index (χ3v) is 3.53. The van der Waals surface area contributed by atoms with Gasteiger partial charge < -0.3 is 0 Å². The van der Waals surface area contributed by atoms with E-state index in [2.05, 4.69) is 13.5 Å². The lowest BCUT2D eigenvalue weighted by molar-refractivity contribution is 0.340. The van der Waals surface area contributed by atoms with Gasteiger partial charge in [-0.05, 0) is 38.5 Å². The van der Waals surface area contributed by atoms with Crippen molar-refractivity contribution in [1.82, 2.24) is 0 Å². The summed E-state index contributed by atoms with van der Waals surface area (Å²) >= 11 is 6.38. The number of hydrogen-bond acceptors (Lipinski definition) is 0.